The molecule has 1 aromatic carbocycles. The molecule has 0 aliphatic carbocycles. The number of rotatable bonds is 5. The molecule has 0 spiro atoms. The molecular formula is C19H19N5O4S2. The van der Waals surface area contributed by atoms with Gasteiger partial charge in [0.15, 0.2) is 22.5 Å². The summed E-state index contributed by atoms with van der Waals surface area (Å²) >= 11 is 2.77. The predicted molar refractivity (Wildman–Crippen MR) is 114 cm³/mol. The summed E-state index contributed by atoms with van der Waals surface area (Å²) in [4.78, 5) is 25.3. The van der Waals surface area contributed by atoms with Gasteiger partial charge in [-0.2, -0.15) is 0 Å². The quantitative estimate of drug-likeness (QED) is 0.581. The zero-order chi connectivity index (χ0) is 20.9. The van der Waals surface area contributed by atoms with Gasteiger partial charge in [0.05, 0.1) is 23.8 Å². The smallest absolute Gasteiger partial charge is 0.325 e. The molecule has 2 N–H and O–H groups in total. The zero-order valence-electron chi connectivity index (χ0n) is 16.1. The first-order valence-corrected chi connectivity index (χ1v) is 11.0. The maximum Gasteiger partial charge on any atom is 0.325 e. The van der Waals surface area contributed by atoms with Gasteiger partial charge in [0.25, 0.3) is 0 Å². The van der Waals surface area contributed by atoms with Crippen molar-refractivity contribution in [3.8, 4) is 22.2 Å². The molecule has 0 radical (unpaired) electrons. The lowest BCUT2D eigenvalue weighted by Crippen LogP contribution is -2.35. The highest BCUT2D eigenvalue weighted by atomic mass is 32.2. The van der Waals surface area contributed by atoms with Crippen LogP contribution in [0.25, 0.3) is 10.7 Å². The fourth-order valence-electron chi connectivity index (χ4n) is 2.76. The van der Waals surface area contributed by atoms with E-state index in [1.54, 1.807) is 29.5 Å². The Morgan fingerprint density at radius 2 is 2.03 bits per heavy atom. The van der Waals surface area contributed by atoms with Crippen LogP contribution in [0.3, 0.4) is 0 Å². The number of aromatic nitrogens is 3. The van der Waals surface area contributed by atoms with Gasteiger partial charge < -0.3 is 19.4 Å². The summed E-state index contributed by atoms with van der Waals surface area (Å²) in [6, 6.07) is 8.37. The van der Waals surface area contributed by atoms with Gasteiger partial charge in [0.1, 0.15) is 0 Å². The summed E-state index contributed by atoms with van der Waals surface area (Å²) in [6.45, 7) is 1.14. The number of fused-ring (bicyclic) bond motifs is 1. The van der Waals surface area contributed by atoms with Crippen LogP contribution in [0.4, 0.5) is 10.5 Å². The number of amides is 3. The summed E-state index contributed by atoms with van der Waals surface area (Å²) in [7, 11) is 1.84. The Morgan fingerprint density at radius 3 is 2.83 bits per heavy atom. The summed E-state index contributed by atoms with van der Waals surface area (Å²) < 4.78 is 13.0. The van der Waals surface area contributed by atoms with Crippen LogP contribution in [0, 0.1) is 0 Å². The summed E-state index contributed by atoms with van der Waals surface area (Å²) in [5, 5.41) is 15.8. The summed E-state index contributed by atoms with van der Waals surface area (Å²) in [6.07, 6.45) is 0.796. The molecule has 3 heterocycles. The SMILES string of the molecule is Cn1c(SCC(=O)NC(=O)Nc2ccc3c(c2)OCCCO3)nnc1-c1cccs1. The van der Waals surface area contributed by atoms with Crippen molar-refractivity contribution >= 4 is 40.7 Å². The molecule has 0 saturated carbocycles. The molecule has 11 heteroatoms. The Balaban J connectivity index is 1.29. The molecule has 1 aliphatic heterocycles. The van der Waals surface area contributed by atoms with E-state index in [1.807, 2.05) is 29.1 Å². The Labute approximate surface area is 180 Å². The van der Waals surface area contributed by atoms with Crippen molar-refractivity contribution < 1.29 is 19.1 Å². The minimum Gasteiger partial charge on any atom is -0.490 e. The molecule has 0 bridgehead atoms. The second-order valence-corrected chi connectivity index (χ2v) is 8.24. The zero-order valence-corrected chi connectivity index (χ0v) is 17.7. The first kappa shape index (κ1) is 20.2. The standard InChI is InChI=1S/C19H19N5O4S2/c1-24-17(15-4-2-9-29-15)22-23-19(24)30-11-16(25)21-18(26)20-12-5-6-13-14(10-12)28-8-3-7-27-13/h2,4-6,9-10H,3,7-8,11H2,1H3,(H2,20,21,25,26). The highest BCUT2D eigenvalue weighted by Gasteiger charge is 2.16. The van der Waals surface area contributed by atoms with Gasteiger partial charge in [-0.25, -0.2) is 4.79 Å². The van der Waals surface area contributed by atoms with Gasteiger partial charge in [-0.15, -0.1) is 21.5 Å². The maximum absolute atomic E-state index is 12.1. The Kier molecular flexibility index (Phi) is 6.19. The van der Waals surface area contributed by atoms with Crippen LogP contribution in [0.1, 0.15) is 6.42 Å². The number of ether oxygens (including phenoxy) is 2. The summed E-state index contributed by atoms with van der Waals surface area (Å²) in [5.41, 5.74) is 0.506. The normalized spacial score (nSPS) is 12.8. The summed E-state index contributed by atoms with van der Waals surface area (Å²) in [5.74, 6) is 1.53. The van der Waals surface area contributed by atoms with Crippen molar-refractivity contribution in [2.24, 2.45) is 7.05 Å². The molecular weight excluding hydrogens is 426 g/mol. The molecule has 0 saturated heterocycles. The first-order valence-electron chi connectivity index (χ1n) is 9.17. The Morgan fingerprint density at radius 1 is 1.20 bits per heavy atom. The molecule has 0 atom stereocenters. The minimum absolute atomic E-state index is 0.0327. The number of hydrogen-bond donors (Lipinski definition) is 2. The van der Waals surface area contributed by atoms with E-state index in [2.05, 4.69) is 20.8 Å². The van der Waals surface area contributed by atoms with E-state index in [0.717, 1.165) is 17.1 Å². The van der Waals surface area contributed by atoms with Crippen LogP contribution in [0.5, 0.6) is 11.5 Å². The largest absolute Gasteiger partial charge is 0.490 e. The van der Waals surface area contributed by atoms with Crippen LogP contribution in [0.2, 0.25) is 0 Å². The molecule has 156 valence electrons. The number of thioether (sulfide) groups is 1. The van der Waals surface area contributed by atoms with Gasteiger partial charge in [0, 0.05) is 25.2 Å². The first-order chi connectivity index (χ1) is 14.6. The van der Waals surface area contributed by atoms with Crippen LogP contribution in [-0.2, 0) is 11.8 Å². The molecule has 30 heavy (non-hydrogen) atoms. The monoisotopic (exact) mass is 445 g/mol. The number of carbonyl (C=O) groups excluding carboxylic acids is 2. The number of nitrogens with one attached hydrogen (secondary N) is 2. The third kappa shape index (κ3) is 4.74. The van der Waals surface area contributed by atoms with Crippen molar-refractivity contribution in [2.45, 2.75) is 11.6 Å². The fraction of sp³-hybridized carbons (Fsp3) is 0.263. The number of anilines is 1. The lowest BCUT2D eigenvalue weighted by Gasteiger charge is -2.10. The highest BCUT2D eigenvalue weighted by Crippen LogP contribution is 2.32. The Bertz CT molecular complexity index is 1050. The maximum atomic E-state index is 12.1. The van der Waals surface area contributed by atoms with Gasteiger partial charge >= 0.3 is 6.03 Å². The van der Waals surface area contributed by atoms with E-state index in [1.165, 1.54) is 11.8 Å². The number of imide groups is 1. The lowest BCUT2D eigenvalue weighted by molar-refractivity contribution is -0.117. The number of benzene rings is 1. The van der Waals surface area contributed by atoms with Gasteiger partial charge in [-0.3, -0.25) is 10.1 Å². The van der Waals surface area contributed by atoms with Crippen LogP contribution >= 0.6 is 23.1 Å². The third-order valence-corrected chi connectivity index (χ3v) is 6.05. The third-order valence-electron chi connectivity index (χ3n) is 4.17. The second-order valence-electron chi connectivity index (χ2n) is 6.35. The molecule has 3 aromatic rings. The van der Waals surface area contributed by atoms with Crippen LogP contribution in [0.15, 0.2) is 40.9 Å². The molecule has 0 fully saturated rings. The molecule has 9 nitrogen and oxygen atoms in total. The molecule has 0 unspecified atom stereocenters. The van der Waals surface area contributed by atoms with Crippen molar-refractivity contribution in [3.63, 3.8) is 0 Å². The van der Waals surface area contributed by atoms with Crippen molar-refractivity contribution in [1.82, 2.24) is 20.1 Å². The van der Waals surface area contributed by atoms with E-state index in [9.17, 15) is 9.59 Å². The minimum atomic E-state index is -0.618. The van der Waals surface area contributed by atoms with Crippen molar-refractivity contribution in [1.29, 1.82) is 0 Å². The van der Waals surface area contributed by atoms with Crippen LogP contribution in [-0.4, -0.2) is 45.7 Å². The fourth-order valence-corrected chi connectivity index (χ4v) is 4.21. The number of urea groups is 1. The topological polar surface area (TPSA) is 107 Å². The van der Waals surface area contributed by atoms with Gasteiger partial charge in [0.2, 0.25) is 5.91 Å². The van der Waals surface area contributed by atoms with Crippen molar-refractivity contribution in [3.05, 3.63) is 35.7 Å². The highest BCUT2D eigenvalue weighted by molar-refractivity contribution is 7.99. The number of hydrogen-bond acceptors (Lipinski definition) is 8. The average molecular weight is 446 g/mol. The molecule has 4 rings (SSSR count). The van der Waals surface area contributed by atoms with E-state index < -0.39 is 11.9 Å². The molecule has 2 aromatic heterocycles. The molecule has 3 amide bonds. The average Bonchev–Trinajstić information content (AvgIpc) is 3.30. The predicted octanol–water partition coefficient (Wildman–Crippen LogP) is 3.15. The Hall–Kier alpha value is -3.05. The van der Waals surface area contributed by atoms with E-state index in [4.69, 9.17) is 9.47 Å². The van der Waals surface area contributed by atoms with E-state index in [0.29, 0.717) is 35.6 Å². The number of thiophene rings is 1. The lowest BCUT2D eigenvalue weighted by atomic mass is 10.3. The van der Waals surface area contributed by atoms with Crippen LogP contribution < -0.4 is 20.1 Å². The van der Waals surface area contributed by atoms with Crippen molar-refractivity contribution in [2.75, 3.05) is 24.3 Å². The van der Waals surface area contributed by atoms with E-state index in [-0.39, 0.29) is 5.75 Å². The second kappa shape index (κ2) is 9.18. The van der Waals surface area contributed by atoms with Gasteiger partial charge in [-0.1, -0.05) is 17.8 Å². The van der Waals surface area contributed by atoms with Gasteiger partial charge in [-0.05, 0) is 23.6 Å². The molecule has 1 aliphatic rings. The number of nitrogens with zero attached hydrogens (tertiary/aromatic N) is 3. The number of carbonyl (C=O) groups is 2. The van der Waals surface area contributed by atoms with E-state index >= 15 is 0 Å².